The molecule has 1 aromatic carbocycles. The number of aliphatic hydroxyl groups is 1. The molecule has 0 aromatic heterocycles. The summed E-state index contributed by atoms with van der Waals surface area (Å²) in [6.45, 7) is 2.16. The number of thioether (sulfide) groups is 1. The van der Waals surface area contributed by atoms with Gasteiger partial charge >= 0.3 is 0 Å². The summed E-state index contributed by atoms with van der Waals surface area (Å²) in [7, 11) is 0. The summed E-state index contributed by atoms with van der Waals surface area (Å²) < 4.78 is -0.374. The second-order valence-electron chi connectivity index (χ2n) is 3.95. The molecule has 1 fully saturated rings. The molecule has 0 saturated heterocycles. The predicted molar refractivity (Wildman–Crippen MR) is 60.6 cm³/mol. The summed E-state index contributed by atoms with van der Waals surface area (Å²) in [5, 5.41) is 18.2. The van der Waals surface area contributed by atoms with Gasteiger partial charge in [0, 0.05) is 17.4 Å². The minimum Gasteiger partial charge on any atom is -0.396 e. The van der Waals surface area contributed by atoms with Crippen LogP contribution < -0.4 is 0 Å². The highest BCUT2D eigenvalue weighted by atomic mass is 32.2. The van der Waals surface area contributed by atoms with E-state index in [9.17, 15) is 0 Å². The van der Waals surface area contributed by atoms with Crippen molar-refractivity contribution in [1.82, 2.24) is 0 Å². The first-order chi connectivity index (χ1) is 7.22. The van der Waals surface area contributed by atoms with Crippen LogP contribution in [0.1, 0.15) is 12.0 Å². The molecule has 1 aliphatic carbocycles. The van der Waals surface area contributed by atoms with Gasteiger partial charge < -0.3 is 5.11 Å². The first-order valence-electron chi connectivity index (χ1n) is 4.98. The van der Waals surface area contributed by atoms with Crippen LogP contribution in [-0.2, 0) is 0 Å². The molecule has 2 rings (SSSR count). The number of benzene rings is 1. The fraction of sp³-hybridized carbons (Fsp3) is 0.417. The van der Waals surface area contributed by atoms with E-state index in [2.05, 4.69) is 6.07 Å². The van der Waals surface area contributed by atoms with Crippen LogP contribution in [-0.4, -0.2) is 16.5 Å². The highest BCUT2D eigenvalue weighted by Crippen LogP contribution is 2.56. The predicted octanol–water partition coefficient (Wildman–Crippen LogP) is 2.36. The molecule has 0 radical (unpaired) electrons. The fourth-order valence-electron chi connectivity index (χ4n) is 1.67. The monoisotopic (exact) mass is 219 g/mol. The Morgan fingerprint density at radius 2 is 2.33 bits per heavy atom. The Morgan fingerprint density at radius 1 is 1.60 bits per heavy atom. The minimum absolute atomic E-state index is 0.118. The first-order valence-corrected chi connectivity index (χ1v) is 5.80. The van der Waals surface area contributed by atoms with Gasteiger partial charge in [0.15, 0.2) is 0 Å². The van der Waals surface area contributed by atoms with E-state index < -0.39 is 0 Å². The van der Waals surface area contributed by atoms with Gasteiger partial charge in [0.1, 0.15) is 4.75 Å². The van der Waals surface area contributed by atoms with Crippen LogP contribution >= 0.6 is 11.8 Å². The maximum Gasteiger partial charge on any atom is 0.112 e. The smallest absolute Gasteiger partial charge is 0.112 e. The Hall–Kier alpha value is -0.980. The van der Waals surface area contributed by atoms with Crippen molar-refractivity contribution in [3.8, 4) is 6.07 Å². The number of nitriles is 1. The highest BCUT2D eigenvalue weighted by molar-refractivity contribution is 8.01. The SMILES string of the molecule is Cc1ccccc1SC1(C#N)CC1CO. The molecule has 2 atom stereocenters. The molecule has 2 nitrogen and oxygen atoms in total. The summed E-state index contributed by atoms with van der Waals surface area (Å²) in [6, 6.07) is 10.4. The van der Waals surface area contributed by atoms with Gasteiger partial charge in [0.25, 0.3) is 0 Å². The van der Waals surface area contributed by atoms with Crippen LogP contribution in [0.2, 0.25) is 0 Å². The van der Waals surface area contributed by atoms with Crippen LogP contribution in [0.4, 0.5) is 0 Å². The van der Waals surface area contributed by atoms with Crippen molar-refractivity contribution >= 4 is 11.8 Å². The summed E-state index contributed by atoms with van der Waals surface area (Å²) in [4.78, 5) is 1.15. The quantitative estimate of drug-likeness (QED) is 0.848. The fourth-order valence-corrected chi connectivity index (χ4v) is 3.01. The Morgan fingerprint density at radius 3 is 2.87 bits per heavy atom. The van der Waals surface area contributed by atoms with E-state index in [0.717, 1.165) is 11.3 Å². The Labute approximate surface area is 93.9 Å². The number of rotatable bonds is 3. The molecule has 0 bridgehead atoms. The van der Waals surface area contributed by atoms with Crippen LogP contribution in [0, 0.1) is 24.2 Å². The lowest BCUT2D eigenvalue weighted by Gasteiger charge is -2.09. The topological polar surface area (TPSA) is 44.0 Å². The normalized spacial score (nSPS) is 28.5. The van der Waals surface area contributed by atoms with Crippen molar-refractivity contribution in [3.05, 3.63) is 29.8 Å². The Balaban J connectivity index is 2.17. The van der Waals surface area contributed by atoms with E-state index in [-0.39, 0.29) is 17.3 Å². The summed E-state index contributed by atoms with van der Waals surface area (Å²) in [6.07, 6.45) is 0.805. The zero-order valence-corrected chi connectivity index (χ0v) is 9.42. The molecule has 2 unspecified atom stereocenters. The van der Waals surface area contributed by atoms with Crippen molar-refractivity contribution < 1.29 is 5.11 Å². The maximum atomic E-state index is 9.13. The third kappa shape index (κ3) is 1.88. The van der Waals surface area contributed by atoms with Crippen LogP contribution in [0.15, 0.2) is 29.2 Å². The third-order valence-electron chi connectivity index (χ3n) is 2.84. The van der Waals surface area contributed by atoms with Gasteiger partial charge in [-0.1, -0.05) is 18.2 Å². The van der Waals surface area contributed by atoms with E-state index in [1.54, 1.807) is 11.8 Å². The molecule has 1 aliphatic rings. The molecular weight excluding hydrogens is 206 g/mol. The lowest BCUT2D eigenvalue weighted by atomic mass is 10.2. The second-order valence-corrected chi connectivity index (χ2v) is 5.32. The number of hydrogen-bond acceptors (Lipinski definition) is 3. The minimum atomic E-state index is -0.374. The van der Waals surface area contributed by atoms with E-state index in [0.29, 0.717) is 0 Å². The van der Waals surface area contributed by atoms with Crippen molar-refractivity contribution in [3.63, 3.8) is 0 Å². The molecule has 1 N–H and O–H groups in total. The van der Waals surface area contributed by atoms with E-state index in [4.69, 9.17) is 10.4 Å². The molecular formula is C12H13NOS. The third-order valence-corrected chi connectivity index (χ3v) is 4.48. The van der Waals surface area contributed by atoms with E-state index in [1.165, 1.54) is 5.56 Å². The maximum absolute atomic E-state index is 9.13. The van der Waals surface area contributed by atoms with E-state index in [1.807, 2.05) is 31.2 Å². The Kier molecular flexibility index (Phi) is 2.72. The summed E-state index contributed by atoms with van der Waals surface area (Å²) in [5.74, 6) is 0.145. The lowest BCUT2D eigenvalue weighted by molar-refractivity contribution is 0.275. The van der Waals surface area contributed by atoms with Crippen molar-refractivity contribution in [2.75, 3.05) is 6.61 Å². The number of nitrogens with zero attached hydrogens (tertiary/aromatic N) is 1. The average molecular weight is 219 g/mol. The van der Waals surface area contributed by atoms with Gasteiger partial charge in [0.05, 0.1) is 6.07 Å². The standard InChI is InChI=1S/C12H13NOS/c1-9-4-2-3-5-11(9)15-12(8-13)6-10(12)7-14/h2-5,10,14H,6-7H2,1H3. The second kappa shape index (κ2) is 3.88. The van der Waals surface area contributed by atoms with E-state index >= 15 is 0 Å². The van der Waals surface area contributed by atoms with Crippen LogP contribution in [0.5, 0.6) is 0 Å². The number of aliphatic hydroxyl groups excluding tert-OH is 1. The van der Waals surface area contributed by atoms with Crippen molar-refractivity contribution in [2.24, 2.45) is 5.92 Å². The Bertz CT molecular complexity index is 412. The largest absolute Gasteiger partial charge is 0.396 e. The zero-order chi connectivity index (χ0) is 10.9. The molecule has 3 heteroatoms. The van der Waals surface area contributed by atoms with Gasteiger partial charge in [-0.15, -0.1) is 11.8 Å². The molecule has 0 heterocycles. The van der Waals surface area contributed by atoms with Gasteiger partial charge in [-0.2, -0.15) is 5.26 Å². The van der Waals surface area contributed by atoms with Crippen molar-refractivity contribution in [2.45, 2.75) is 23.0 Å². The molecule has 0 spiro atoms. The summed E-state index contributed by atoms with van der Waals surface area (Å²) in [5.41, 5.74) is 1.20. The molecule has 15 heavy (non-hydrogen) atoms. The first kappa shape index (κ1) is 10.5. The van der Waals surface area contributed by atoms with Gasteiger partial charge in [-0.3, -0.25) is 0 Å². The molecule has 0 aliphatic heterocycles. The molecule has 1 aromatic rings. The van der Waals surface area contributed by atoms with Crippen LogP contribution in [0.25, 0.3) is 0 Å². The van der Waals surface area contributed by atoms with Crippen LogP contribution in [0.3, 0.4) is 0 Å². The van der Waals surface area contributed by atoms with Crippen molar-refractivity contribution in [1.29, 1.82) is 5.26 Å². The average Bonchev–Trinajstić information content (AvgIpc) is 2.96. The summed E-state index contributed by atoms with van der Waals surface area (Å²) >= 11 is 1.60. The number of aryl methyl sites for hydroxylation is 1. The van der Waals surface area contributed by atoms with Gasteiger partial charge in [-0.05, 0) is 25.0 Å². The lowest BCUT2D eigenvalue weighted by Crippen LogP contribution is -2.05. The highest BCUT2D eigenvalue weighted by Gasteiger charge is 2.55. The molecule has 0 amide bonds. The molecule has 78 valence electrons. The zero-order valence-electron chi connectivity index (χ0n) is 8.60. The molecule has 1 saturated carbocycles. The van der Waals surface area contributed by atoms with Gasteiger partial charge in [-0.25, -0.2) is 0 Å². The van der Waals surface area contributed by atoms with Gasteiger partial charge in [0.2, 0.25) is 0 Å². The number of hydrogen-bond donors (Lipinski definition) is 1.